The van der Waals surface area contributed by atoms with Gasteiger partial charge in [-0.3, -0.25) is 4.79 Å². The predicted molar refractivity (Wildman–Crippen MR) is 79.3 cm³/mol. The van der Waals surface area contributed by atoms with Crippen molar-refractivity contribution < 1.29 is 14.3 Å². The van der Waals surface area contributed by atoms with Crippen molar-refractivity contribution in [2.24, 2.45) is 5.73 Å². The van der Waals surface area contributed by atoms with E-state index in [4.69, 9.17) is 15.2 Å². The summed E-state index contributed by atoms with van der Waals surface area (Å²) in [7, 11) is 3.14. The molecule has 0 aliphatic rings. The highest BCUT2D eigenvalue weighted by Gasteiger charge is 2.22. The van der Waals surface area contributed by atoms with Crippen LogP contribution in [0, 0.1) is 0 Å². The molecule has 0 bridgehead atoms. The Bertz CT molecular complexity index is 472. The van der Waals surface area contributed by atoms with Crippen LogP contribution in [0.4, 0.5) is 0 Å². The van der Waals surface area contributed by atoms with Gasteiger partial charge in [0.2, 0.25) is 0 Å². The molecule has 1 aromatic carbocycles. The monoisotopic (exact) mass is 329 g/mol. The van der Waals surface area contributed by atoms with E-state index in [1.165, 1.54) is 7.11 Å². The molecule has 0 aromatic heterocycles. The molecule has 2 N–H and O–H groups in total. The van der Waals surface area contributed by atoms with Crippen LogP contribution in [-0.4, -0.2) is 26.5 Å². The first kappa shape index (κ1) is 16.0. The zero-order chi connectivity index (χ0) is 14.6. The number of hydrogen-bond acceptors (Lipinski definition) is 4. The minimum Gasteiger partial charge on any atom is -0.495 e. The van der Waals surface area contributed by atoms with Crippen LogP contribution in [0.3, 0.4) is 0 Å². The van der Waals surface area contributed by atoms with Gasteiger partial charge in [0.05, 0.1) is 19.8 Å². The van der Waals surface area contributed by atoms with Gasteiger partial charge in [-0.15, -0.1) is 0 Å². The summed E-state index contributed by atoms with van der Waals surface area (Å²) in [5, 5.41) is 0. The van der Waals surface area contributed by atoms with Crippen molar-refractivity contribution in [1.82, 2.24) is 0 Å². The Morgan fingerprint density at radius 1 is 1.32 bits per heavy atom. The summed E-state index contributed by atoms with van der Waals surface area (Å²) in [5.41, 5.74) is 6.97. The molecule has 0 unspecified atom stereocenters. The normalized spacial score (nSPS) is 10.7. The fourth-order valence-corrected chi connectivity index (χ4v) is 2.71. The molecular weight excluding hydrogens is 310 g/mol. The molecule has 0 amide bonds. The highest BCUT2D eigenvalue weighted by molar-refractivity contribution is 9.10. The van der Waals surface area contributed by atoms with Gasteiger partial charge in [-0.05, 0) is 40.0 Å². The number of carbonyl (C=O) groups excluding carboxylic acids is 1. The van der Waals surface area contributed by atoms with E-state index in [2.05, 4.69) is 15.9 Å². The van der Waals surface area contributed by atoms with Gasteiger partial charge in [0.1, 0.15) is 16.0 Å². The van der Waals surface area contributed by atoms with Crippen LogP contribution < -0.4 is 15.2 Å². The standard InChI is InChI=1S/C14H20BrNO3/c1-8(2)9-7-10(11(17)5-6-16)14(19-4)12(15)13(9)18-3/h7-8H,5-6,16H2,1-4H3. The Kier molecular flexibility index (Phi) is 5.82. The second-order valence-electron chi connectivity index (χ2n) is 4.51. The van der Waals surface area contributed by atoms with Gasteiger partial charge in [0, 0.05) is 6.42 Å². The van der Waals surface area contributed by atoms with Gasteiger partial charge < -0.3 is 15.2 Å². The lowest BCUT2D eigenvalue weighted by Gasteiger charge is -2.18. The molecule has 0 aliphatic heterocycles. The molecule has 1 aromatic rings. The molecule has 19 heavy (non-hydrogen) atoms. The van der Waals surface area contributed by atoms with Crippen LogP contribution in [0.2, 0.25) is 0 Å². The Labute approximate surface area is 122 Å². The molecule has 5 heteroatoms. The molecule has 0 atom stereocenters. The van der Waals surface area contributed by atoms with Crippen molar-refractivity contribution >= 4 is 21.7 Å². The average Bonchev–Trinajstić information content (AvgIpc) is 2.37. The summed E-state index contributed by atoms with van der Waals surface area (Å²) in [4.78, 5) is 12.1. The van der Waals surface area contributed by atoms with Gasteiger partial charge >= 0.3 is 0 Å². The maximum absolute atomic E-state index is 12.1. The molecular formula is C14H20BrNO3. The van der Waals surface area contributed by atoms with Crippen molar-refractivity contribution in [2.45, 2.75) is 26.2 Å². The minimum absolute atomic E-state index is 0.0235. The van der Waals surface area contributed by atoms with Crippen molar-refractivity contribution in [3.63, 3.8) is 0 Å². The van der Waals surface area contributed by atoms with Gasteiger partial charge in [0.15, 0.2) is 5.78 Å². The van der Waals surface area contributed by atoms with Gasteiger partial charge in [-0.1, -0.05) is 13.8 Å². The lowest BCUT2D eigenvalue weighted by molar-refractivity contribution is 0.0982. The van der Waals surface area contributed by atoms with E-state index >= 15 is 0 Å². The number of Topliss-reactive ketones (excluding diaryl/α,β-unsaturated/α-hetero) is 1. The first-order chi connectivity index (χ1) is 8.97. The highest BCUT2D eigenvalue weighted by Crippen LogP contribution is 2.43. The number of methoxy groups -OCH3 is 2. The third-order valence-corrected chi connectivity index (χ3v) is 3.63. The second kappa shape index (κ2) is 6.91. The maximum atomic E-state index is 12.1. The zero-order valence-corrected chi connectivity index (χ0v) is 13.3. The lowest BCUT2D eigenvalue weighted by atomic mass is 9.96. The third kappa shape index (κ3) is 3.28. The van der Waals surface area contributed by atoms with E-state index in [0.717, 1.165) is 5.56 Å². The molecule has 0 fully saturated rings. The van der Waals surface area contributed by atoms with Crippen molar-refractivity contribution in [1.29, 1.82) is 0 Å². The molecule has 106 valence electrons. The fourth-order valence-electron chi connectivity index (χ4n) is 1.94. The van der Waals surface area contributed by atoms with Gasteiger partial charge in [0.25, 0.3) is 0 Å². The smallest absolute Gasteiger partial charge is 0.167 e. The molecule has 0 aliphatic carbocycles. The summed E-state index contributed by atoms with van der Waals surface area (Å²) >= 11 is 3.46. The molecule has 0 spiro atoms. The Morgan fingerprint density at radius 2 is 1.89 bits per heavy atom. The van der Waals surface area contributed by atoms with Crippen LogP contribution in [-0.2, 0) is 0 Å². The molecule has 0 saturated carbocycles. The van der Waals surface area contributed by atoms with E-state index in [0.29, 0.717) is 34.5 Å². The largest absolute Gasteiger partial charge is 0.495 e. The predicted octanol–water partition coefficient (Wildman–Crippen LogP) is 3.12. The van der Waals surface area contributed by atoms with Crippen molar-refractivity contribution in [2.75, 3.05) is 20.8 Å². The Balaban J connectivity index is 3.50. The number of nitrogens with two attached hydrogens (primary N) is 1. The number of benzene rings is 1. The number of carbonyl (C=O) groups is 1. The third-order valence-electron chi connectivity index (χ3n) is 2.91. The van der Waals surface area contributed by atoms with Crippen molar-refractivity contribution in [3.05, 3.63) is 21.7 Å². The van der Waals surface area contributed by atoms with Crippen LogP contribution in [0.15, 0.2) is 10.5 Å². The summed E-state index contributed by atoms with van der Waals surface area (Å²) in [6.07, 6.45) is 0.298. The van der Waals surface area contributed by atoms with Gasteiger partial charge in [-0.25, -0.2) is 0 Å². The first-order valence-corrected chi connectivity index (χ1v) is 6.94. The lowest BCUT2D eigenvalue weighted by Crippen LogP contribution is -2.11. The maximum Gasteiger partial charge on any atom is 0.167 e. The Hall–Kier alpha value is -1.07. The number of ether oxygens (including phenoxy) is 2. The fraction of sp³-hybridized carbons (Fsp3) is 0.500. The van der Waals surface area contributed by atoms with E-state index in [1.54, 1.807) is 7.11 Å². The minimum atomic E-state index is -0.0235. The van der Waals surface area contributed by atoms with Crippen LogP contribution in [0.5, 0.6) is 11.5 Å². The molecule has 0 heterocycles. The SMILES string of the molecule is COc1c(C(=O)CCN)cc(C(C)C)c(OC)c1Br. The summed E-state index contributed by atoms with van der Waals surface area (Å²) < 4.78 is 11.4. The second-order valence-corrected chi connectivity index (χ2v) is 5.30. The average molecular weight is 330 g/mol. The number of halogens is 1. The van der Waals surface area contributed by atoms with E-state index < -0.39 is 0 Å². The summed E-state index contributed by atoms with van der Waals surface area (Å²) in [5.74, 6) is 1.42. The van der Waals surface area contributed by atoms with Crippen LogP contribution in [0.1, 0.15) is 42.1 Å². The summed E-state index contributed by atoms with van der Waals surface area (Å²) in [6, 6.07) is 1.84. The number of rotatable bonds is 6. The molecule has 0 saturated heterocycles. The van der Waals surface area contributed by atoms with Crippen LogP contribution in [0.25, 0.3) is 0 Å². The first-order valence-electron chi connectivity index (χ1n) is 6.15. The molecule has 1 rings (SSSR count). The van der Waals surface area contributed by atoms with Crippen LogP contribution >= 0.6 is 15.9 Å². The van der Waals surface area contributed by atoms with E-state index in [1.807, 2.05) is 19.9 Å². The quantitative estimate of drug-likeness (QED) is 0.814. The zero-order valence-electron chi connectivity index (χ0n) is 11.7. The van der Waals surface area contributed by atoms with Crippen molar-refractivity contribution in [3.8, 4) is 11.5 Å². The Morgan fingerprint density at radius 3 is 2.32 bits per heavy atom. The molecule has 0 radical (unpaired) electrons. The van der Waals surface area contributed by atoms with E-state index in [9.17, 15) is 4.79 Å². The number of ketones is 1. The van der Waals surface area contributed by atoms with E-state index in [-0.39, 0.29) is 11.7 Å². The number of hydrogen-bond donors (Lipinski definition) is 1. The molecule has 4 nitrogen and oxygen atoms in total. The topological polar surface area (TPSA) is 61.5 Å². The highest BCUT2D eigenvalue weighted by atomic mass is 79.9. The van der Waals surface area contributed by atoms with Gasteiger partial charge in [-0.2, -0.15) is 0 Å². The summed E-state index contributed by atoms with van der Waals surface area (Å²) in [6.45, 7) is 4.42.